The third-order valence-electron chi connectivity index (χ3n) is 2.22. The minimum absolute atomic E-state index is 0.172. The number of ether oxygens (including phenoxy) is 1. The average molecular weight is 279 g/mol. The lowest BCUT2D eigenvalue weighted by molar-refractivity contribution is -0.142. The van der Waals surface area contributed by atoms with Crippen LogP contribution in [0.5, 0.6) is 5.75 Å². The lowest BCUT2D eigenvalue weighted by Gasteiger charge is -2.16. The predicted molar refractivity (Wildman–Crippen MR) is 60.3 cm³/mol. The van der Waals surface area contributed by atoms with E-state index in [1.54, 1.807) is 12.2 Å². The van der Waals surface area contributed by atoms with Gasteiger partial charge in [-0.1, -0.05) is 6.07 Å². The molecule has 0 aliphatic rings. The number of aryl methyl sites for hydroxylation is 1. The van der Waals surface area contributed by atoms with Crippen molar-refractivity contribution in [3.05, 3.63) is 29.6 Å². The molecule has 0 aliphatic heterocycles. The highest BCUT2D eigenvalue weighted by Gasteiger charge is 2.29. The van der Waals surface area contributed by atoms with Gasteiger partial charge >= 0.3 is 6.18 Å². The zero-order valence-corrected chi connectivity index (χ0v) is 10.3. The molecule has 1 atom stereocenters. The predicted octanol–water partition coefficient (Wildman–Crippen LogP) is 2.58. The molecule has 0 unspecified atom stereocenters. The minimum atomic E-state index is -4.50. The van der Waals surface area contributed by atoms with Crippen LogP contribution in [-0.4, -0.2) is 24.7 Å². The van der Waals surface area contributed by atoms with E-state index in [4.69, 9.17) is 4.74 Å². The van der Waals surface area contributed by atoms with Crippen LogP contribution >= 0.6 is 0 Å². The number of halogens is 4. The fourth-order valence-corrected chi connectivity index (χ4v) is 1.28. The SMILES string of the molecule is Cc1ccc(F)c(O[C@H](C)C(=O)NCC(F)(F)F)c1. The Morgan fingerprint density at radius 1 is 1.42 bits per heavy atom. The summed E-state index contributed by atoms with van der Waals surface area (Å²) in [5.41, 5.74) is 0.708. The van der Waals surface area contributed by atoms with E-state index in [-0.39, 0.29) is 5.75 Å². The van der Waals surface area contributed by atoms with E-state index < -0.39 is 30.5 Å². The Kier molecular flexibility index (Phi) is 4.74. The third-order valence-corrected chi connectivity index (χ3v) is 2.22. The van der Waals surface area contributed by atoms with Crippen LogP contribution in [0.4, 0.5) is 17.6 Å². The van der Waals surface area contributed by atoms with E-state index >= 15 is 0 Å². The summed E-state index contributed by atoms with van der Waals surface area (Å²) < 4.78 is 54.1. The van der Waals surface area contributed by atoms with Crippen LogP contribution in [0.25, 0.3) is 0 Å². The summed E-state index contributed by atoms with van der Waals surface area (Å²) in [6.45, 7) is 1.49. The summed E-state index contributed by atoms with van der Waals surface area (Å²) in [6.07, 6.45) is -5.72. The van der Waals surface area contributed by atoms with E-state index in [9.17, 15) is 22.4 Å². The standard InChI is InChI=1S/C12H13F4NO2/c1-7-3-4-9(13)10(5-7)19-8(2)11(18)17-6-12(14,15)16/h3-5,8H,6H2,1-2H3,(H,17,18)/t8-/m1/s1. The van der Waals surface area contributed by atoms with Gasteiger partial charge < -0.3 is 10.1 Å². The molecule has 0 spiro atoms. The van der Waals surface area contributed by atoms with Crippen molar-refractivity contribution in [1.29, 1.82) is 0 Å². The van der Waals surface area contributed by atoms with Gasteiger partial charge in [0.2, 0.25) is 0 Å². The van der Waals surface area contributed by atoms with Crippen molar-refractivity contribution in [2.75, 3.05) is 6.54 Å². The van der Waals surface area contributed by atoms with Crippen molar-refractivity contribution in [3.8, 4) is 5.75 Å². The topological polar surface area (TPSA) is 38.3 Å². The number of carbonyl (C=O) groups is 1. The first-order chi connectivity index (χ1) is 8.69. The first kappa shape index (κ1) is 15.3. The number of hydrogen-bond donors (Lipinski definition) is 1. The molecule has 19 heavy (non-hydrogen) atoms. The van der Waals surface area contributed by atoms with Crippen LogP contribution in [0.1, 0.15) is 12.5 Å². The summed E-state index contributed by atoms with van der Waals surface area (Å²) in [6, 6.07) is 4.03. The molecule has 1 aromatic carbocycles. The Balaban J connectivity index is 2.61. The minimum Gasteiger partial charge on any atom is -0.478 e. The molecule has 0 fully saturated rings. The molecule has 0 radical (unpaired) electrons. The molecule has 0 bridgehead atoms. The van der Waals surface area contributed by atoms with Gasteiger partial charge in [-0.15, -0.1) is 0 Å². The number of rotatable bonds is 4. The number of hydrogen-bond acceptors (Lipinski definition) is 2. The first-order valence-electron chi connectivity index (χ1n) is 5.46. The molecule has 1 amide bonds. The maximum absolute atomic E-state index is 13.3. The van der Waals surface area contributed by atoms with Crippen LogP contribution in [0.15, 0.2) is 18.2 Å². The average Bonchev–Trinajstić information content (AvgIpc) is 2.29. The molecule has 7 heteroatoms. The van der Waals surface area contributed by atoms with Crippen LogP contribution in [-0.2, 0) is 4.79 Å². The summed E-state index contributed by atoms with van der Waals surface area (Å²) in [5, 5.41) is 1.67. The van der Waals surface area contributed by atoms with Gasteiger partial charge in [0.15, 0.2) is 17.7 Å². The number of amides is 1. The third kappa shape index (κ3) is 5.15. The van der Waals surface area contributed by atoms with Gasteiger partial charge in [0.05, 0.1) is 0 Å². The normalized spacial score (nSPS) is 12.9. The van der Waals surface area contributed by atoms with Crippen molar-refractivity contribution in [2.24, 2.45) is 0 Å². The number of carbonyl (C=O) groups excluding carboxylic acids is 1. The van der Waals surface area contributed by atoms with Gasteiger partial charge in [-0.25, -0.2) is 4.39 Å². The van der Waals surface area contributed by atoms with Gasteiger partial charge in [0.1, 0.15) is 6.54 Å². The largest absolute Gasteiger partial charge is 0.478 e. The Morgan fingerprint density at radius 3 is 2.63 bits per heavy atom. The summed E-state index contributed by atoms with van der Waals surface area (Å²) in [4.78, 5) is 11.3. The smallest absolute Gasteiger partial charge is 0.405 e. The molecule has 1 aromatic rings. The van der Waals surface area contributed by atoms with Crippen LogP contribution < -0.4 is 10.1 Å². The molecule has 1 rings (SSSR count). The van der Waals surface area contributed by atoms with Crippen molar-refractivity contribution in [2.45, 2.75) is 26.1 Å². The van der Waals surface area contributed by atoms with Crippen LogP contribution in [0.3, 0.4) is 0 Å². The van der Waals surface area contributed by atoms with Crippen LogP contribution in [0.2, 0.25) is 0 Å². The maximum Gasteiger partial charge on any atom is 0.405 e. The molecule has 1 N–H and O–H groups in total. The fourth-order valence-electron chi connectivity index (χ4n) is 1.28. The van der Waals surface area contributed by atoms with Gasteiger partial charge in [-0.3, -0.25) is 4.79 Å². The van der Waals surface area contributed by atoms with Gasteiger partial charge in [0.25, 0.3) is 5.91 Å². The van der Waals surface area contributed by atoms with E-state index in [0.717, 1.165) is 6.07 Å². The Labute approximate surface area is 107 Å². The van der Waals surface area contributed by atoms with Crippen molar-refractivity contribution in [1.82, 2.24) is 5.32 Å². The van der Waals surface area contributed by atoms with E-state index in [1.807, 2.05) is 0 Å². The summed E-state index contributed by atoms with van der Waals surface area (Å²) in [7, 11) is 0. The van der Waals surface area contributed by atoms with Crippen LogP contribution in [0, 0.1) is 12.7 Å². The number of benzene rings is 1. The van der Waals surface area contributed by atoms with Gasteiger partial charge in [-0.05, 0) is 31.5 Å². The second kappa shape index (κ2) is 5.90. The Hall–Kier alpha value is -1.79. The fraction of sp³-hybridized carbons (Fsp3) is 0.417. The Morgan fingerprint density at radius 2 is 2.05 bits per heavy atom. The molecular formula is C12H13F4NO2. The monoisotopic (exact) mass is 279 g/mol. The molecule has 0 saturated heterocycles. The quantitative estimate of drug-likeness (QED) is 0.860. The number of alkyl halides is 3. The molecule has 0 heterocycles. The zero-order valence-electron chi connectivity index (χ0n) is 10.3. The maximum atomic E-state index is 13.3. The highest BCUT2D eigenvalue weighted by molar-refractivity contribution is 5.80. The van der Waals surface area contributed by atoms with Gasteiger partial charge in [-0.2, -0.15) is 13.2 Å². The number of nitrogens with one attached hydrogen (secondary N) is 1. The molecule has 0 aliphatic carbocycles. The molecule has 106 valence electrons. The molecule has 0 saturated carbocycles. The zero-order chi connectivity index (χ0) is 14.6. The highest BCUT2D eigenvalue weighted by atomic mass is 19.4. The molecule has 0 aromatic heterocycles. The van der Waals surface area contributed by atoms with E-state index in [1.165, 1.54) is 19.1 Å². The lowest BCUT2D eigenvalue weighted by Crippen LogP contribution is -2.41. The first-order valence-corrected chi connectivity index (χ1v) is 5.46. The second-order valence-electron chi connectivity index (χ2n) is 4.03. The van der Waals surface area contributed by atoms with Crippen molar-refractivity contribution < 1.29 is 27.1 Å². The molecular weight excluding hydrogens is 266 g/mol. The highest BCUT2D eigenvalue weighted by Crippen LogP contribution is 2.20. The van der Waals surface area contributed by atoms with E-state index in [0.29, 0.717) is 5.56 Å². The molecule has 3 nitrogen and oxygen atoms in total. The lowest BCUT2D eigenvalue weighted by atomic mass is 10.2. The summed E-state index contributed by atoms with van der Waals surface area (Å²) >= 11 is 0. The van der Waals surface area contributed by atoms with Crippen molar-refractivity contribution in [3.63, 3.8) is 0 Å². The van der Waals surface area contributed by atoms with E-state index in [2.05, 4.69) is 0 Å². The Bertz CT molecular complexity index is 460. The second-order valence-corrected chi connectivity index (χ2v) is 4.03. The van der Waals surface area contributed by atoms with Crippen molar-refractivity contribution >= 4 is 5.91 Å². The van der Waals surface area contributed by atoms with Gasteiger partial charge in [0, 0.05) is 0 Å². The summed E-state index contributed by atoms with van der Waals surface area (Å²) in [5.74, 6) is -1.81.